The van der Waals surface area contributed by atoms with Gasteiger partial charge in [0.25, 0.3) is 0 Å². The van der Waals surface area contributed by atoms with Gasteiger partial charge in [-0.1, -0.05) is 44.0 Å². The highest BCUT2D eigenvalue weighted by Crippen LogP contribution is 2.46. The monoisotopic (exact) mass is 274 g/mol. The number of rotatable bonds is 4. The smallest absolute Gasteiger partial charge is 0.0852 e. The van der Waals surface area contributed by atoms with E-state index in [1.807, 2.05) is 0 Å². The average Bonchev–Trinajstić information content (AvgIpc) is 2.98. The third kappa shape index (κ3) is 2.51. The predicted octanol–water partition coefficient (Wildman–Crippen LogP) is 4.02. The maximum absolute atomic E-state index is 10.8. The van der Waals surface area contributed by atoms with Crippen LogP contribution in [0.5, 0.6) is 0 Å². The summed E-state index contributed by atoms with van der Waals surface area (Å²) in [6, 6.07) is 8.54. The number of ether oxygens (including phenoxy) is 1. The molecule has 2 unspecified atom stereocenters. The lowest BCUT2D eigenvalue weighted by Gasteiger charge is -2.36. The van der Waals surface area contributed by atoms with E-state index < -0.39 is 0 Å². The Kier molecular flexibility index (Phi) is 4.13. The zero-order chi connectivity index (χ0) is 14.0. The molecule has 1 aromatic carbocycles. The van der Waals surface area contributed by atoms with Gasteiger partial charge in [-0.3, -0.25) is 0 Å². The van der Waals surface area contributed by atoms with Gasteiger partial charge < -0.3 is 9.84 Å². The Labute approximate surface area is 122 Å². The molecule has 2 heteroatoms. The molecule has 1 aliphatic heterocycles. The Morgan fingerprint density at radius 1 is 1.30 bits per heavy atom. The average molecular weight is 274 g/mol. The quantitative estimate of drug-likeness (QED) is 0.898. The molecule has 1 fully saturated rings. The van der Waals surface area contributed by atoms with Gasteiger partial charge in [-0.2, -0.15) is 0 Å². The Morgan fingerprint density at radius 3 is 2.80 bits per heavy atom. The van der Waals surface area contributed by atoms with Crippen molar-refractivity contribution in [1.29, 1.82) is 0 Å². The molecule has 3 rings (SSSR count). The molecule has 0 aromatic heterocycles. The second kappa shape index (κ2) is 5.87. The Balaban J connectivity index is 1.75. The van der Waals surface area contributed by atoms with Gasteiger partial charge in [-0.05, 0) is 42.2 Å². The lowest BCUT2D eigenvalue weighted by molar-refractivity contribution is -0.0430. The first-order chi connectivity index (χ1) is 9.75. The van der Waals surface area contributed by atoms with Crippen LogP contribution in [0, 0.1) is 5.41 Å². The van der Waals surface area contributed by atoms with Gasteiger partial charge in [0, 0.05) is 6.42 Å². The van der Waals surface area contributed by atoms with E-state index in [2.05, 4.69) is 31.2 Å². The van der Waals surface area contributed by atoms with Crippen molar-refractivity contribution in [2.45, 2.75) is 64.1 Å². The summed E-state index contributed by atoms with van der Waals surface area (Å²) < 4.78 is 5.96. The third-order valence-corrected chi connectivity index (χ3v) is 5.54. The minimum Gasteiger partial charge on any atom is -0.392 e. The molecule has 2 nitrogen and oxygen atoms in total. The van der Waals surface area contributed by atoms with Gasteiger partial charge in [-0.15, -0.1) is 0 Å². The molecule has 0 bridgehead atoms. The Hall–Kier alpha value is -0.860. The van der Waals surface area contributed by atoms with E-state index in [1.165, 1.54) is 36.8 Å². The number of aliphatic hydroxyl groups is 1. The zero-order valence-electron chi connectivity index (χ0n) is 12.5. The topological polar surface area (TPSA) is 29.5 Å². The van der Waals surface area contributed by atoms with Crippen LogP contribution in [-0.4, -0.2) is 17.8 Å². The van der Waals surface area contributed by atoms with E-state index in [9.17, 15) is 5.11 Å². The highest BCUT2D eigenvalue weighted by Gasteiger charge is 2.40. The van der Waals surface area contributed by atoms with E-state index in [0.717, 1.165) is 25.9 Å². The standard InChI is InChI=1S/C18H26O2/c1-2-18(10-5-6-11-18)17(19)13-16-15-8-4-3-7-14(15)9-12-20-16/h3-4,7-8,16-17,19H,2,5-6,9-13H2,1H3. The summed E-state index contributed by atoms with van der Waals surface area (Å²) in [7, 11) is 0. The van der Waals surface area contributed by atoms with Crippen LogP contribution in [0.25, 0.3) is 0 Å². The molecule has 1 aliphatic carbocycles. The van der Waals surface area contributed by atoms with Crippen LogP contribution in [-0.2, 0) is 11.2 Å². The van der Waals surface area contributed by atoms with Crippen molar-refractivity contribution in [2.24, 2.45) is 5.41 Å². The minimum atomic E-state index is -0.230. The van der Waals surface area contributed by atoms with Gasteiger partial charge in [0.05, 0.1) is 18.8 Å². The molecule has 0 spiro atoms. The van der Waals surface area contributed by atoms with Crippen LogP contribution in [0.3, 0.4) is 0 Å². The highest BCUT2D eigenvalue weighted by atomic mass is 16.5. The lowest BCUT2D eigenvalue weighted by Crippen LogP contribution is -2.34. The van der Waals surface area contributed by atoms with Crippen molar-refractivity contribution in [3.05, 3.63) is 35.4 Å². The second-order valence-corrected chi connectivity index (χ2v) is 6.48. The van der Waals surface area contributed by atoms with Crippen molar-refractivity contribution >= 4 is 0 Å². The van der Waals surface area contributed by atoms with Crippen molar-refractivity contribution in [1.82, 2.24) is 0 Å². The van der Waals surface area contributed by atoms with Crippen molar-refractivity contribution < 1.29 is 9.84 Å². The van der Waals surface area contributed by atoms with Gasteiger partial charge in [-0.25, -0.2) is 0 Å². The van der Waals surface area contributed by atoms with E-state index in [4.69, 9.17) is 4.74 Å². The number of fused-ring (bicyclic) bond motifs is 1. The molecule has 0 amide bonds. The number of hydrogen-bond acceptors (Lipinski definition) is 2. The molecular formula is C18H26O2. The fourth-order valence-corrected chi connectivity index (χ4v) is 4.13. The third-order valence-electron chi connectivity index (χ3n) is 5.54. The van der Waals surface area contributed by atoms with Crippen LogP contribution < -0.4 is 0 Å². The fraction of sp³-hybridized carbons (Fsp3) is 0.667. The first kappa shape index (κ1) is 14.1. The van der Waals surface area contributed by atoms with Crippen LogP contribution >= 0.6 is 0 Å². The summed E-state index contributed by atoms with van der Waals surface area (Å²) in [5.41, 5.74) is 2.84. The molecule has 2 atom stereocenters. The summed E-state index contributed by atoms with van der Waals surface area (Å²) in [5, 5.41) is 10.8. The van der Waals surface area contributed by atoms with Gasteiger partial charge in [0.15, 0.2) is 0 Å². The molecular weight excluding hydrogens is 248 g/mol. The fourth-order valence-electron chi connectivity index (χ4n) is 4.13. The van der Waals surface area contributed by atoms with Gasteiger partial charge in [0.1, 0.15) is 0 Å². The van der Waals surface area contributed by atoms with Crippen molar-refractivity contribution in [3.63, 3.8) is 0 Å². The normalized spacial score (nSPS) is 26.2. The zero-order valence-corrected chi connectivity index (χ0v) is 12.5. The molecule has 2 aliphatic rings. The maximum Gasteiger partial charge on any atom is 0.0852 e. The first-order valence-electron chi connectivity index (χ1n) is 8.13. The van der Waals surface area contributed by atoms with E-state index >= 15 is 0 Å². The summed E-state index contributed by atoms with van der Waals surface area (Å²) in [4.78, 5) is 0. The number of benzene rings is 1. The minimum absolute atomic E-state index is 0.0824. The van der Waals surface area contributed by atoms with Crippen molar-refractivity contribution in [2.75, 3.05) is 6.61 Å². The van der Waals surface area contributed by atoms with Crippen LogP contribution in [0.4, 0.5) is 0 Å². The second-order valence-electron chi connectivity index (χ2n) is 6.48. The van der Waals surface area contributed by atoms with Crippen LogP contribution in [0.1, 0.15) is 62.7 Å². The largest absolute Gasteiger partial charge is 0.392 e. The molecule has 1 heterocycles. The number of aliphatic hydroxyl groups excluding tert-OH is 1. The van der Waals surface area contributed by atoms with E-state index in [0.29, 0.717) is 0 Å². The molecule has 0 saturated heterocycles. The van der Waals surface area contributed by atoms with E-state index in [1.54, 1.807) is 0 Å². The summed E-state index contributed by atoms with van der Waals surface area (Å²) in [6.45, 7) is 3.01. The molecule has 1 aromatic rings. The van der Waals surface area contributed by atoms with Crippen molar-refractivity contribution in [3.8, 4) is 0 Å². The molecule has 110 valence electrons. The SMILES string of the molecule is CCC1(C(O)CC2OCCc3ccccc32)CCCC1. The number of hydrogen-bond donors (Lipinski definition) is 1. The van der Waals surface area contributed by atoms with Crippen LogP contribution in [0.2, 0.25) is 0 Å². The maximum atomic E-state index is 10.8. The molecule has 1 saturated carbocycles. The molecule has 20 heavy (non-hydrogen) atoms. The molecule has 1 N–H and O–H groups in total. The van der Waals surface area contributed by atoms with E-state index in [-0.39, 0.29) is 17.6 Å². The predicted molar refractivity (Wildman–Crippen MR) is 80.7 cm³/mol. The lowest BCUT2D eigenvalue weighted by atomic mass is 9.75. The summed E-state index contributed by atoms with van der Waals surface area (Å²) in [6.07, 6.45) is 7.60. The Bertz CT molecular complexity index is 448. The van der Waals surface area contributed by atoms with Crippen LogP contribution in [0.15, 0.2) is 24.3 Å². The van der Waals surface area contributed by atoms with Gasteiger partial charge >= 0.3 is 0 Å². The molecule has 0 radical (unpaired) electrons. The Morgan fingerprint density at radius 2 is 2.05 bits per heavy atom. The summed E-state index contributed by atoms with van der Waals surface area (Å²) in [5.74, 6) is 0. The van der Waals surface area contributed by atoms with Gasteiger partial charge in [0.2, 0.25) is 0 Å². The highest BCUT2D eigenvalue weighted by molar-refractivity contribution is 5.31. The first-order valence-corrected chi connectivity index (χ1v) is 8.13. The summed E-state index contributed by atoms with van der Waals surface area (Å²) >= 11 is 0.